The number of nitrogen functional groups attached to an aromatic ring is 1. The summed E-state index contributed by atoms with van der Waals surface area (Å²) in [5.74, 6) is -0.00315. The Morgan fingerprint density at radius 2 is 1.67 bits per heavy atom. The molecule has 0 saturated carbocycles. The molecule has 1 aliphatic rings. The maximum absolute atomic E-state index is 11.9. The second kappa shape index (κ2) is 7.96. The molecule has 0 radical (unpaired) electrons. The van der Waals surface area contributed by atoms with Crippen LogP contribution in [-0.2, 0) is 31.6 Å². The predicted molar refractivity (Wildman–Crippen MR) is 90.6 cm³/mol. The Bertz CT molecular complexity index is 1090. The largest absolute Gasteiger partial charge is 0.490 e. The van der Waals surface area contributed by atoms with E-state index in [0.717, 1.165) is 17.2 Å². The number of nitrogens with zero attached hydrogens (tertiary/aromatic N) is 4. The molecule has 3 rings (SSSR count). The first-order valence-corrected chi connectivity index (χ1v) is 12.0. The van der Waals surface area contributed by atoms with Crippen molar-refractivity contribution in [2.45, 2.75) is 24.7 Å². The van der Waals surface area contributed by atoms with Crippen LogP contribution >= 0.6 is 23.5 Å². The zero-order valence-corrected chi connectivity index (χ0v) is 16.9. The highest BCUT2D eigenvalue weighted by Crippen LogP contribution is 2.66. The maximum Gasteiger partial charge on any atom is 0.490 e. The molecule has 0 aromatic carbocycles. The average Bonchev–Trinajstić information content (AvgIpc) is 3.09. The third kappa shape index (κ3) is 5.09. The van der Waals surface area contributed by atoms with Crippen molar-refractivity contribution in [3.63, 3.8) is 0 Å². The average molecular weight is 493 g/mol. The van der Waals surface area contributed by atoms with Gasteiger partial charge < -0.3 is 40.3 Å². The van der Waals surface area contributed by atoms with E-state index >= 15 is 0 Å². The summed E-state index contributed by atoms with van der Waals surface area (Å²) in [5, 5.41) is 20.2. The van der Waals surface area contributed by atoms with Crippen LogP contribution in [0.4, 0.5) is 5.82 Å². The fraction of sp³-hybridized carbons (Fsp3) is 0.444. The van der Waals surface area contributed by atoms with E-state index in [1.165, 1.54) is 0 Å². The second-order valence-corrected chi connectivity index (χ2v) is 10.0. The van der Waals surface area contributed by atoms with Gasteiger partial charge in [-0.3, -0.25) is 9.09 Å². The molecule has 2 aromatic heterocycles. The van der Waals surface area contributed by atoms with Crippen LogP contribution in [0.25, 0.3) is 11.2 Å². The van der Waals surface area contributed by atoms with Crippen molar-refractivity contribution in [1.29, 1.82) is 0 Å². The molecule has 21 heteroatoms. The second-order valence-electron chi connectivity index (χ2n) is 5.66. The van der Waals surface area contributed by atoms with Crippen LogP contribution in [0, 0.1) is 0 Å². The summed E-state index contributed by atoms with van der Waals surface area (Å²) in [6.07, 6.45) is -5.16. The first-order chi connectivity index (χ1) is 13.7. The molecule has 30 heavy (non-hydrogen) atoms. The number of anilines is 1. The molecule has 1 fully saturated rings. The lowest BCUT2D eigenvalue weighted by Crippen LogP contribution is -2.32. The van der Waals surface area contributed by atoms with Crippen molar-refractivity contribution in [3.05, 3.63) is 12.7 Å². The topological polar surface area (TPSA) is 279 Å². The fourth-order valence-electron chi connectivity index (χ4n) is 2.43. The number of phosphoric ester groups is 1. The number of imidazole rings is 1. The minimum Gasteiger partial charge on any atom is -0.385 e. The monoisotopic (exact) mass is 493 g/mol. The van der Waals surface area contributed by atoms with Crippen molar-refractivity contribution in [2.24, 2.45) is 0 Å². The number of phosphoric acid groups is 3. The van der Waals surface area contributed by atoms with Gasteiger partial charge in [-0.1, -0.05) is 0 Å². The molecule has 0 bridgehead atoms. The number of ether oxygens (including phenoxy) is 1. The minimum absolute atomic E-state index is 0.00315. The quantitative estimate of drug-likeness (QED) is 0.212. The summed E-state index contributed by atoms with van der Waals surface area (Å²) in [7, 11) is -17.0. The minimum atomic E-state index is -5.78. The van der Waals surface area contributed by atoms with E-state index in [1.807, 2.05) is 0 Å². The lowest BCUT2D eigenvalue weighted by atomic mass is 10.2. The van der Waals surface area contributed by atoms with Crippen LogP contribution in [0.15, 0.2) is 12.7 Å². The Balaban J connectivity index is 1.78. The maximum atomic E-state index is 11.9. The number of nitrogens with two attached hydrogens (primary N) is 1. The van der Waals surface area contributed by atoms with E-state index in [1.54, 1.807) is 0 Å². The van der Waals surface area contributed by atoms with Crippen molar-refractivity contribution in [2.75, 3.05) is 5.73 Å². The predicted octanol–water partition coefficient (Wildman–Crippen LogP) is -1.67. The van der Waals surface area contributed by atoms with E-state index in [9.17, 15) is 28.8 Å². The highest BCUT2D eigenvalue weighted by atomic mass is 31.3. The van der Waals surface area contributed by atoms with E-state index in [0.29, 0.717) is 0 Å². The van der Waals surface area contributed by atoms with Gasteiger partial charge in [0.2, 0.25) is 0 Å². The number of fused-ring (bicyclic) bond motifs is 1. The zero-order chi connectivity index (χ0) is 22.5. The summed E-state index contributed by atoms with van der Waals surface area (Å²) in [6.45, 7) is 0. The van der Waals surface area contributed by atoms with Crippen molar-refractivity contribution in [3.8, 4) is 0 Å². The van der Waals surface area contributed by atoms with Crippen LogP contribution in [0.3, 0.4) is 0 Å². The fourth-order valence-corrected chi connectivity index (χ4v) is 5.53. The lowest BCUT2D eigenvalue weighted by Gasteiger charge is -2.20. The van der Waals surface area contributed by atoms with Gasteiger partial charge in [0.15, 0.2) is 24.0 Å². The first-order valence-electron chi connectivity index (χ1n) is 7.46. The summed E-state index contributed by atoms with van der Waals surface area (Å²) < 4.78 is 51.6. The Kier molecular flexibility index (Phi) is 6.18. The van der Waals surface area contributed by atoms with Gasteiger partial charge >= 0.3 is 23.5 Å². The van der Waals surface area contributed by atoms with Gasteiger partial charge in [-0.2, -0.15) is 8.62 Å². The third-order valence-corrected chi connectivity index (χ3v) is 7.31. The number of hydrogen-bond acceptors (Lipinski definition) is 13. The van der Waals surface area contributed by atoms with Crippen molar-refractivity contribution >= 4 is 40.4 Å². The standard InChI is InChI=1S/C9H14N5O13P3/c10-6-3-7(12-1-11-6)14(2-13-3)8-4(15)5(16)9(24-8)25-29(20,21)27-30(22,23)26-28(17,18)19/h1-2,4-5,8-9,15-16H,(H,20,21)(H,22,23)(H2,10,11,12)(H2,17,18,19)/t4?,5?,8-,9-/m1/s1. The molecule has 0 aliphatic carbocycles. The van der Waals surface area contributed by atoms with Crippen LogP contribution < -0.4 is 5.73 Å². The smallest absolute Gasteiger partial charge is 0.385 e. The molecule has 6 atom stereocenters. The lowest BCUT2D eigenvalue weighted by molar-refractivity contribution is -0.133. The Hall–Kier alpha value is -1.36. The van der Waals surface area contributed by atoms with E-state index in [4.69, 9.17) is 25.2 Å². The number of hydrogen-bond donors (Lipinski definition) is 7. The van der Waals surface area contributed by atoms with E-state index in [-0.39, 0.29) is 17.0 Å². The zero-order valence-electron chi connectivity index (χ0n) is 14.2. The molecule has 168 valence electrons. The summed E-state index contributed by atoms with van der Waals surface area (Å²) >= 11 is 0. The third-order valence-electron chi connectivity index (χ3n) is 3.51. The normalized spacial score (nSPS) is 29.0. The van der Waals surface area contributed by atoms with Gasteiger partial charge in [0.1, 0.15) is 24.1 Å². The van der Waals surface area contributed by atoms with Gasteiger partial charge in [-0.15, -0.1) is 0 Å². The number of aliphatic hydroxyl groups is 2. The van der Waals surface area contributed by atoms with Crippen LogP contribution in [0.1, 0.15) is 6.23 Å². The summed E-state index contributed by atoms with van der Waals surface area (Å²) in [6, 6.07) is 0. The highest BCUT2D eigenvalue weighted by Gasteiger charge is 2.50. The molecule has 18 nitrogen and oxygen atoms in total. The number of rotatable bonds is 7. The van der Waals surface area contributed by atoms with Crippen molar-refractivity contribution in [1.82, 2.24) is 19.5 Å². The van der Waals surface area contributed by atoms with Crippen LogP contribution in [0.2, 0.25) is 0 Å². The molecule has 0 spiro atoms. The summed E-state index contributed by atoms with van der Waals surface area (Å²) in [4.78, 5) is 47.2. The van der Waals surface area contributed by atoms with Gasteiger partial charge in [-0.25, -0.2) is 28.6 Å². The van der Waals surface area contributed by atoms with Crippen LogP contribution in [-0.4, -0.2) is 67.8 Å². The molecule has 8 N–H and O–H groups in total. The molecular weight excluding hydrogens is 479 g/mol. The molecule has 3 heterocycles. The highest BCUT2D eigenvalue weighted by molar-refractivity contribution is 7.66. The Morgan fingerprint density at radius 3 is 2.30 bits per heavy atom. The first kappa shape index (κ1) is 23.3. The molecule has 4 unspecified atom stereocenters. The van der Waals surface area contributed by atoms with Gasteiger partial charge in [0.05, 0.1) is 6.33 Å². The number of aromatic nitrogens is 4. The van der Waals surface area contributed by atoms with E-state index < -0.39 is 48.2 Å². The SMILES string of the molecule is Nc1ncnc2c1ncn2[C@@H]1O[C@H](OP(=O)(O)OP(=O)(O)OP(=O)(O)O)C(O)C1O. The Morgan fingerprint density at radius 1 is 1.00 bits per heavy atom. The molecule has 1 aliphatic heterocycles. The molecule has 1 saturated heterocycles. The van der Waals surface area contributed by atoms with Crippen molar-refractivity contribution < 1.29 is 61.4 Å². The Labute approximate surface area is 165 Å². The van der Waals surface area contributed by atoms with Gasteiger partial charge in [0, 0.05) is 0 Å². The van der Waals surface area contributed by atoms with Gasteiger partial charge in [-0.05, 0) is 0 Å². The van der Waals surface area contributed by atoms with Crippen LogP contribution in [0.5, 0.6) is 0 Å². The van der Waals surface area contributed by atoms with E-state index in [2.05, 4.69) is 28.1 Å². The molecular formula is C9H14N5O13P3. The molecule has 0 amide bonds. The summed E-state index contributed by atoms with van der Waals surface area (Å²) in [5.41, 5.74) is 5.83. The number of aliphatic hydroxyl groups excluding tert-OH is 2. The molecule has 2 aromatic rings. The van der Waals surface area contributed by atoms with Gasteiger partial charge in [0.25, 0.3) is 0 Å².